The zero-order valence-electron chi connectivity index (χ0n) is 16.8. The smallest absolute Gasteiger partial charge is 0.377 e. The zero-order chi connectivity index (χ0) is 17.9. The summed E-state index contributed by atoms with van der Waals surface area (Å²) in [6.07, 6.45) is 1.07. The van der Waals surface area contributed by atoms with Gasteiger partial charge in [-0.25, -0.2) is 0 Å². The second kappa shape index (κ2) is 11.7. The Labute approximate surface area is 146 Å². The normalized spacial score (nSPS) is 13.3. The molecule has 0 bridgehead atoms. The Balaban J connectivity index is 4.88. The maximum absolute atomic E-state index is 5.56. The Morgan fingerprint density at radius 1 is 0.739 bits per heavy atom. The molecule has 0 aromatic carbocycles. The van der Waals surface area contributed by atoms with Gasteiger partial charge >= 0.3 is 8.80 Å². The molecule has 0 saturated carbocycles. The molecule has 0 saturated heterocycles. The van der Waals surface area contributed by atoms with Crippen molar-refractivity contribution in [2.24, 2.45) is 0 Å². The minimum atomic E-state index is -2.44. The topological polar surface area (TPSA) is 34.2 Å². The van der Waals surface area contributed by atoms with Gasteiger partial charge in [-0.1, -0.05) is 20.8 Å². The molecule has 0 unspecified atom stereocenters. The highest BCUT2D eigenvalue weighted by Gasteiger charge is 2.39. The number of hydrogen-bond acceptors (Lipinski definition) is 5. The van der Waals surface area contributed by atoms with Crippen molar-refractivity contribution in [3.8, 4) is 0 Å². The summed E-state index contributed by atoms with van der Waals surface area (Å²) in [4.78, 5) is 2.28. The molecule has 0 spiro atoms. The molecule has 0 aromatic rings. The van der Waals surface area contributed by atoms with E-state index in [0.717, 1.165) is 32.1 Å². The third kappa shape index (κ3) is 6.93. The highest BCUT2D eigenvalue weighted by Crippen LogP contribution is 2.26. The minimum Gasteiger partial charge on any atom is -0.377 e. The molecular formula is C16H40N2O3Si2. The van der Waals surface area contributed by atoms with E-state index >= 15 is 0 Å². The van der Waals surface area contributed by atoms with Gasteiger partial charge in [0.1, 0.15) is 8.24 Å². The monoisotopic (exact) mass is 364 g/mol. The van der Waals surface area contributed by atoms with Gasteiger partial charge in [0.2, 0.25) is 0 Å². The van der Waals surface area contributed by atoms with Crippen molar-refractivity contribution < 1.29 is 13.3 Å². The van der Waals surface area contributed by atoms with Crippen LogP contribution in [0.25, 0.3) is 0 Å². The zero-order valence-corrected chi connectivity index (χ0v) is 18.8. The van der Waals surface area contributed by atoms with Gasteiger partial charge in [-0.2, -0.15) is 0 Å². The van der Waals surface area contributed by atoms with Crippen molar-refractivity contribution in [3.63, 3.8) is 0 Å². The van der Waals surface area contributed by atoms with Crippen LogP contribution in [0.2, 0.25) is 24.2 Å². The maximum atomic E-state index is 5.56. The van der Waals surface area contributed by atoms with Gasteiger partial charge in [0.25, 0.3) is 0 Å². The second-order valence-electron chi connectivity index (χ2n) is 6.47. The molecule has 7 heteroatoms. The SMILES string of the molecule is CC[Si](CC)(CC)N(CCC[Si](OC)(OC)OC)CCN(C)C. The van der Waals surface area contributed by atoms with Crippen molar-refractivity contribution in [2.75, 3.05) is 55.1 Å². The Morgan fingerprint density at radius 3 is 1.57 bits per heavy atom. The Morgan fingerprint density at radius 2 is 1.22 bits per heavy atom. The van der Waals surface area contributed by atoms with E-state index in [-0.39, 0.29) is 0 Å². The number of rotatable bonds is 14. The van der Waals surface area contributed by atoms with E-state index in [1.165, 1.54) is 18.1 Å². The summed E-state index contributed by atoms with van der Waals surface area (Å²) in [6, 6.07) is 4.87. The third-order valence-corrected chi connectivity index (χ3v) is 13.9. The van der Waals surface area contributed by atoms with E-state index in [1.807, 2.05) is 0 Å². The predicted octanol–water partition coefficient (Wildman–Crippen LogP) is 3.12. The molecule has 23 heavy (non-hydrogen) atoms. The summed E-state index contributed by atoms with van der Waals surface area (Å²) in [5.74, 6) is 0. The van der Waals surface area contributed by atoms with Crippen LogP contribution in [0.3, 0.4) is 0 Å². The lowest BCUT2D eigenvalue weighted by atomic mass is 10.4. The van der Waals surface area contributed by atoms with Crippen LogP contribution in [0.15, 0.2) is 0 Å². The highest BCUT2D eigenvalue weighted by atomic mass is 28.4. The molecule has 0 radical (unpaired) electrons. The van der Waals surface area contributed by atoms with Crippen LogP contribution >= 0.6 is 0 Å². The quantitative estimate of drug-likeness (QED) is 0.442. The molecule has 0 aliphatic rings. The van der Waals surface area contributed by atoms with Crippen molar-refractivity contribution in [2.45, 2.75) is 51.4 Å². The van der Waals surface area contributed by atoms with E-state index < -0.39 is 17.0 Å². The molecule has 0 heterocycles. The summed E-state index contributed by atoms with van der Waals surface area (Å²) >= 11 is 0. The lowest BCUT2D eigenvalue weighted by molar-refractivity contribution is 0.122. The molecule has 0 amide bonds. The molecule has 0 fully saturated rings. The average molecular weight is 365 g/mol. The third-order valence-electron chi connectivity index (χ3n) is 5.31. The molecule has 0 N–H and O–H groups in total. The van der Waals surface area contributed by atoms with Crippen LogP contribution in [0.1, 0.15) is 27.2 Å². The molecule has 140 valence electrons. The number of hydrogen-bond donors (Lipinski definition) is 0. The van der Waals surface area contributed by atoms with E-state index in [0.29, 0.717) is 0 Å². The standard InChI is InChI=1S/C16H40N2O3Si2/c1-9-22(10-2,11-3)18(15-14-17(4)5)13-12-16-23(19-6,20-7)21-8/h9-16H2,1-8H3. The van der Waals surface area contributed by atoms with Crippen molar-refractivity contribution >= 4 is 17.0 Å². The Hall–Kier alpha value is 0.234. The fourth-order valence-electron chi connectivity index (χ4n) is 3.37. The lowest BCUT2D eigenvalue weighted by Crippen LogP contribution is -2.54. The largest absolute Gasteiger partial charge is 0.500 e. The first kappa shape index (κ1) is 23.2. The van der Waals surface area contributed by atoms with Crippen LogP contribution < -0.4 is 0 Å². The first-order valence-electron chi connectivity index (χ1n) is 8.94. The molecule has 0 rings (SSSR count). The fourth-order valence-corrected chi connectivity index (χ4v) is 9.12. The van der Waals surface area contributed by atoms with Crippen molar-refractivity contribution in [1.29, 1.82) is 0 Å². The van der Waals surface area contributed by atoms with E-state index in [4.69, 9.17) is 13.3 Å². The number of likely N-dealkylation sites (N-methyl/N-ethyl adjacent to an activating group) is 1. The average Bonchev–Trinajstić information content (AvgIpc) is 2.58. The van der Waals surface area contributed by atoms with Crippen LogP contribution in [0, 0.1) is 0 Å². The molecule has 0 aromatic heterocycles. The van der Waals surface area contributed by atoms with E-state index in [2.05, 4.69) is 44.3 Å². The molecular weight excluding hydrogens is 324 g/mol. The second-order valence-corrected chi connectivity index (χ2v) is 14.8. The van der Waals surface area contributed by atoms with Crippen LogP contribution in [-0.2, 0) is 13.3 Å². The van der Waals surface area contributed by atoms with Gasteiger partial charge in [-0.05, 0) is 45.2 Å². The van der Waals surface area contributed by atoms with Gasteiger partial charge in [-0.3, -0.25) is 0 Å². The lowest BCUT2D eigenvalue weighted by Gasteiger charge is -2.42. The van der Waals surface area contributed by atoms with Crippen LogP contribution in [0.4, 0.5) is 0 Å². The van der Waals surface area contributed by atoms with E-state index in [1.54, 1.807) is 21.3 Å². The van der Waals surface area contributed by atoms with E-state index in [9.17, 15) is 0 Å². The highest BCUT2D eigenvalue weighted by molar-refractivity contribution is 6.77. The van der Waals surface area contributed by atoms with Gasteiger partial charge in [0.15, 0.2) is 0 Å². The van der Waals surface area contributed by atoms with Crippen molar-refractivity contribution in [3.05, 3.63) is 0 Å². The maximum Gasteiger partial charge on any atom is 0.500 e. The Kier molecular flexibility index (Phi) is 11.8. The van der Waals surface area contributed by atoms with Crippen LogP contribution in [0.5, 0.6) is 0 Å². The first-order chi connectivity index (χ1) is 10.9. The minimum absolute atomic E-state index is 0.886. The molecule has 5 nitrogen and oxygen atoms in total. The van der Waals surface area contributed by atoms with Crippen LogP contribution in [-0.4, -0.2) is 81.6 Å². The Bertz CT molecular complexity index is 283. The summed E-state index contributed by atoms with van der Waals surface area (Å²) in [5, 5.41) is 0. The number of nitrogens with zero attached hydrogens (tertiary/aromatic N) is 2. The molecule has 0 aliphatic heterocycles. The predicted molar refractivity (Wildman–Crippen MR) is 104 cm³/mol. The summed E-state index contributed by atoms with van der Waals surface area (Å²) in [6.45, 7) is 10.5. The summed E-state index contributed by atoms with van der Waals surface area (Å²) in [5.41, 5.74) is 0. The molecule has 0 atom stereocenters. The summed E-state index contributed by atoms with van der Waals surface area (Å²) in [7, 11) is 5.63. The fraction of sp³-hybridized carbons (Fsp3) is 1.00. The van der Waals surface area contributed by atoms with Crippen molar-refractivity contribution in [1.82, 2.24) is 9.47 Å². The van der Waals surface area contributed by atoms with Gasteiger partial charge in [0.05, 0.1) is 0 Å². The van der Waals surface area contributed by atoms with Gasteiger partial charge in [-0.15, -0.1) is 0 Å². The van der Waals surface area contributed by atoms with Gasteiger partial charge in [0, 0.05) is 40.5 Å². The van der Waals surface area contributed by atoms with Gasteiger partial charge < -0.3 is 22.7 Å². The molecule has 0 aliphatic carbocycles. The first-order valence-corrected chi connectivity index (χ1v) is 13.4. The summed E-state index contributed by atoms with van der Waals surface area (Å²) < 4.78 is 19.5.